The number of carbonyl (C=O) groups excluding carboxylic acids is 1. The normalized spacial score (nSPS) is 10.3. The smallest absolute Gasteiger partial charge is 0.260 e. The predicted molar refractivity (Wildman–Crippen MR) is 69.6 cm³/mol. The fourth-order valence-electron chi connectivity index (χ4n) is 1.64. The van der Waals surface area contributed by atoms with Crippen LogP contribution in [-0.4, -0.2) is 29.6 Å². The predicted octanol–water partition coefficient (Wildman–Crippen LogP) is 2.16. The van der Waals surface area contributed by atoms with E-state index in [0.717, 1.165) is 0 Å². The fraction of sp³-hybridized carbons (Fsp3) is 0.286. The van der Waals surface area contributed by atoms with Crippen molar-refractivity contribution in [3.8, 4) is 5.75 Å². The molecule has 1 aromatic carbocycles. The molecule has 0 spiro atoms. The van der Waals surface area contributed by atoms with Crippen LogP contribution in [0.3, 0.4) is 0 Å². The molecule has 0 atom stereocenters. The maximum atomic E-state index is 13.3. The summed E-state index contributed by atoms with van der Waals surface area (Å²) in [4.78, 5) is 13.3. The van der Waals surface area contributed by atoms with Crippen LogP contribution in [0.1, 0.15) is 11.5 Å². The molecule has 0 radical (unpaired) electrons. The number of aryl methyl sites for hydroxylation is 1. The Labute approximate surface area is 115 Å². The highest BCUT2D eigenvalue weighted by molar-refractivity contribution is 5.77. The van der Waals surface area contributed by atoms with Crippen LogP contribution in [0.2, 0.25) is 0 Å². The van der Waals surface area contributed by atoms with Crippen molar-refractivity contribution in [2.75, 3.05) is 13.7 Å². The molecule has 0 aliphatic heterocycles. The number of aromatic nitrogens is 1. The van der Waals surface area contributed by atoms with Gasteiger partial charge in [0.25, 0.3) is 5.91 Å². The number of hydrogen-bond acceptors (Lipinski definition) is 4. The fourth-order valence-corrected chi connectivity index (χ4v) is 1.64. The number of nitrogens with zero attached hydrogens (tertiary/aromatic N) is 2. The molecule has 2 aromatic rings. The average Bonchev–Trinajstić information content (AvgIpc) is 2.82. The second kappa shape index (κ2) is 6.18. The standard InChI is InChI=1S/C14H15FN2O3/c1-10-7-11(16-20-10)8-17(2)14(18)9-19-13-6-4-3-5-12(13)15/h3-7H,8-9H2,1-2H3. The number of likely N-dealkylation sites (N-methyl/N-ethyl adjacent to an activating group) is 1. The Balaban J connectivity index is 1.87. The highest BCUT2D eigenvalue weighted by atomic mass is 19.1. The van der Waals surface area contributed by atoms with E-state index in [1.165, 1.54) is 17.0 Å². The van der Waals surface area contributed by atoms with Crippen LogP contribution in [0.15, 0.2) is 34.9 Å². The first-order valence-electron chi connectivity index (χ1n) is 6.10. The Morgan fingerprint density at radius 1 is 1.45 bits per heavy atom. The molecule has 1 amide bonds. The van der Waals surface area contributed by atoms with Gasteiger partial charge in [0.05, 0.1) is 6.54 Å². The van der Waals surface area contributed by atoms with Crippen molar-refractivity contribution in [2.24, 2.45) is 0 Å². The third kappa shape index (κ3) is 3.57. The van der Waals surface area contributed by atoms with Crippen molar-refractivity contribution in [2.45, 2.75) is 13.5 Å². The van der Waals surface area contributed by atoms with E-state index in [1.807, 2.05) is 0 Å². The molecular weight excluding hydrogens is 263 g/mol. The molecule has 0 aliphatic carbocycles. The minimum Gasteiger partial charge on any atom is -0.481 e. The maximum absolute atomic E-state index is 13.3. The van der Waals surface area contributed by atoms with Crippen molar-refractivity contribution in [1.29, 1.82) is 0 Å². The highest BCUT2D eigenvalue weighted by Crippen LogP contribution is 2.15. The summed E-state index contributed by atoms with van der Waals surface area (Å²) >= 11 is 0. The number of rotatable bonds is 5. The largest absolute Gasteiger partial charge is 0.481 e. The molecule has 106 valence electrons. The summed E-state index contributed by atoms with van der Waals surface area (Å²) in [5, 5.41) is 3.80. The lowest BCUT2D eigenvalue weighted by Crippen LogP contribution is -2.31. The second-order valence-corrected chi connectivity index (χ2v) is 4.40. The number of para-hydroxylation sites is 1. The number of hydrogen-bond donors (Lipinski definition) is 0. The highest BCUT2D eigenvalue weighted by Gasteiger charge is 2.13. The van der Waals surface area contributed by atoms with Crippen LogP contribution < -0.4 is 4.74 Å². The Morgan fingerprint density at radius 3 is 2.85 bits per heavy atom. The molecule has 5 nitrogen and oxygen atoms in total. The van der Waals surface area contributed by atoms with E-state index >= 15 is 0 Å². The summed E-state index contributed by atoms with van der Waals surface area (Å²) in [6.07, 6.45) is 0. The number of benzene rings is 1. The molecule has 0 aliphatic rings. The summed E-state index contributed by atoms with van der Waals surface area (Å²) in [5.74, 6) is -0.0148. The van der Waals surface area contributed by atoms with Crippen LogP contribution in [0.25, 0.3) is 0 Å². The minimum atomic E-state index is -0.491. The monoisotopic (exact) mass is 278 g/mol. The lowest BCUT2D eigenvalue weighted by atomic mass is 10.3. The van der Waals surface area contributed by atoms with E-state index < -0.39 is 5.82 Å². The summed E-state index contributed by atoms with van der Waals surface area (Å²) in [6, 6.07) is 7.71. The zero-order valence-corrected chi connectivity index (χ0v) is 11.3. The van der Waals surface area contributed by atoms with Gasteiger partial charge >= 0.3 is 0 Å². The van der Waals surface area contributed by atoms with Gasteiger partial charge in [-0.2, -0.15) is 0 Å². The van der Waals surface area contributed by atoms with Gasteiger partial charge in [0, 0.05) is 13.1 Å². The van der Waals surface area contributed by atoms with Crippen molar-refractivity contribution in [1.82, 2.24) is 10.1 Å². The van der Waals surface area contributed by atoms with Gasteiger partial charge in [-0.25, -0.2) is 4.39 Å². The van der Waals surface area contributed by atoms with E-state index in [9.17, 15) is 9.18 Å². The molecule has 1 heterocycles. The first-order valence-corrected chi connectivity index (χ1v) is 6.10. The molecule has 0 bridgehead atoms. The first-order chi connectivity index (χ1) is 9.56. The Hall–Kier alpha value is -2.37. The van der Waals surface area contributed by atoms with Gasteiger partial charge < -0.3 is 14.2 Å². The molecule has 0 unspecified atom stereocenters. The second-order valence-electron chi connectivity index (χ2n) is 4.40. The van der Waals surface area contributed by atoms with E-state index in [0.29, 0.717) is 18.0 Å². The molecule has 0 N–H and O–H groups in total. The maximum Gasteiger partial charge on any atom is 0.260 e. The number of halogens is 1. The summed E-state index contributed by atoms with van der Waals surface area (Å²) < 4.78 is 23.4. The zero-order chi connectivity index (χ0) is 14.5. The van der Waals surface area contributed by atoms with Gasteiger partial charge in [-0.1, -0.05) is 17.3 Å². The third-order valence-corrected chi connectivity index (χ3v) is 2.69. The van der Waals surface area contributed by atoms with Gasteiger partial charge in [0.15, 0.2) is 18.2 Å². The molecule has 0 fully saturated rings. The van der Waals surface area contributed by atoms with E-state index in [-0.39, 0.29) is 18.3 Å². The van der Waals surface area contributed by atoms with Crippen molar-refractivity contribution in [3.05, 3.63) is 47.6 Å². The van der Waals surface area contributed by atoms with E-state index in [2.05, 4.69) is 5.16 Å². The molecule has 2 rings (SSSR count). The molecule has 6 heteroatoms. The van der Waals surface area contributed by atoms with Gasteiger partial charge in [-0.3, -0.25) is 4.79 Å². The number of amides is 1. The summed E-state index contributed by atoms with van der Waals surface area (Å²) in [5.41, 5.74) is 0.657. The first kappa shape index (κ1) is 14.0. The zero-order valence-electron chi connectivity index (χ0n) is 11.3. The Kier molecular flexibility index (Phi) is 4.34. The molecule has 20 heavy (non-hydrogen) atoms. The van der Waals surface area contributed by atoms with Gasteiger partial charge in [0.2, 0.25) is 0 Å². The number of ether oxygens (including phenoxy) is 1. The van der Waals surface area contributed by atoms with Gasteiger partial charge in [-0.05, 0) is 19.1 Å². The Bertz CT molecular complexity index is 598. The van der Waals surface area contributed by atoms with Crippen LogP contribution in [0.4, 0.5) is 4.39 Å². The van der Waals surface area contributed by atoms with Crippen LogP contribution >= 0.6 is 0 Å². The van der Waals surface area contributed by atoms with Gasteiger partial charge in [0.1, 0.15) is 11.5 Å². The quantitative estimate of drug-likeness (QED) is 0.841. The van der Waals surface area contributed by atoms with E-state index in [1.54, 1.807) is 32.2 Å². The summed E-state index contributed by atoms with van der Waals surface area (Å²) in [7, 11) is 1.62. The van der Waals surface area contributed by atoms with Crippen LogP contribution in [0, 0.1) is 12.7 Å². The topological polar surface area (TPSA) is 55.6 Å². The lowest BCUT2D eigenvalue weighted by Gasteiger charge is -2.16. The SMILES string of the molecule is Cc1cc(CN(C)C(=O)COc2ccccc2F)no1. The van der Waals surface area contributed by atoms with Crippen molar-refractivity contribution in [3.63, 3.8) is 0 Å². The molecule has 1 aromatic heterocycles. The number of carbonyl (C=O) groups is 1. The van der Waals surface area contributed by atoms with Gasteiger partial charge in [-0.15, -0.1) is 0 Å². The van der Waals surface area contributed by atoms with E-state index in [4.69, 9.17) is 9.26 Å². The molecule has 0 saturated carbocycles. The molecular formula is C14H15FN2O3. The average molecular weight is 278 g/mol. The van der Waals surface area contributed by atoms with Crippen molar-refractivity contribution < 1.29 is 18.4 Å². The van der Waals surface area contributed by atoms with Crippen molar-refractivity contribution >= 4 is 5.91 Å². The lowest BCUT2D eigenvalue weighted by molar-refractivity contribution is -0.132. The summed E-state index contributed by atoms with van der Waals surface area (Å²) in [6.45, 7) is 1.87. The van der Waals surface area contributed by atoms with Crippen LogP contribution in [0.5, 0.6) is 5.75 Å². The minimum absolute atomic E-state index is 0.0616. The van der Waals surface area contributed by atoms with Crippen LogP contribution in [-0.2, 0) is 11.3 Å². The molecule has 0 saturated heterocycles. The third-order valence-electron chi connectivity index (χ3n) is 2.69. The Morgan fingerprint density at radius 2 is 2.20 bits per heavy atom.